The van der Waals surface area contributed by atoms with Crippen molar-refractivity contribution in [3.05, 3.63) is 78.4 Å². The van der Waals surface area contributed by atoms with Crippen molar-refractivity contribution in [1.82, 2.24) is 9.66 Å². The maximum absolute atomic E-state index is 5.60. The molecule has 34 heavy (non-hydrogen) atoms. The number of aromatic nitrogens is 2. The van der Waals surface area contributed by atoms with Crippen LogP contribution in [0.5, 0.6) is 0 Å². The fourth-order valence-corrected chi connectivity index (χ4v) is 4.86. The second-order valence-electron chi connectivity index (χ2n) is 8.96. The van der Waals surface area contributed by atoms with E-state index in [1.165, 1.54) is 53.6 Å². The van der Waals surface area contributed by atoms with Crippen molar-refractivity contribution < 1.29 is 0 Å². The van der Waals surface area contributed by atoms with Crippen LogP contribution in [0.25, 0.3) is 44.0 Å². The molecule has 0 atom stereocenters. The Bertz CT molecular complexity index is 1470. The van der Waals surface area contributed by atoms with Crippen molar-refractivity contribution in [3.63, 3.8) is 0 Å². The predicted molar refractivity (Wildman–Crippen MR) is 146 cm³/mol. The van der Waals surface area contributed by atoms with Gasteiger partial charge in [-0.2, -0.15) is 0 Å². The highest BCUT2D eigenvalue weighted by Crippen LogP contribution is 2.36. The number of benzene rings is 4. The normalized spacial score (nSPS) is 11.3. The number of fused-ring (bicyclic) bond motifs is 6. The van der Waals surface area contributed by atoms with E-state index in [0.717, 1.165) is 41.0 Å². The van der Waals surface area contributed by atoms with Gasteiger partial charge in [0, 0.05) is 28.4 Å². The van der Waals surface area contributed by atoms with E-state index in [0.29, 0.717) is 0 Å². The van der Waals surface area contributed by atoms with Crippen molar-refractivity contribution in [3.8, 4) is 23.7 Å². The Kier molecular flexibility index (Phi) is 6.49. The Labute approximate surface area is 201 Å². The van der Waals surface area contributed by atoms with E-state index in [1.807, 2.05) is 12.1 Å². The van der Waals surface area contributed by atoms with Crippen LogP contribution in [0.3, 0.4) is 0 Å². The van der Waals surface area contributed by atoms with Gasteiger partial charge in [0.1, 0.15) is 0 Å². The van der Waals surface area contributed by atoms with E-state index in [4.69, 9.17) is 11.4 Å². The average Bonchev–Trinajstić information content (AvgIpc) is 3.28. The van der Waals surface area contributed by atoms with Crippen LogP contribution >= 0.6 is 0 Å². The summed E-state index contributed by atoms with van der Waals surface area (Å²) in [4.78, 5) is 5.20. The number of hydrogen-bond donors (Lipinski definition) is 1. The minimum absolute atomic E-state index is 0.877. The average molecular weight is 446 g/mol. The molecule has 0 unspecified atom stereocenters. The first-order valence-electron chi connectivity index (χ1n) is 12.4. The van der Waals surface area contributed by atoms with Crippen LogP contribution < -0.4 is 5.43 Å². The van der Waals surface area contributed by atoms with Crippen LogP contribution in [0.2, 0.25) is 0 Å². The smallest absolute Gasteiger partial charge is 0.159 e. The fraction of sp³-hybridized carbons (Fsp3) is 0.258. The third kappa shape index (κ3) is 4.13. The number of unbranched alkanes of at least 4 members (excludes halogenated alkanes) is 5. The molecule has 0 aliphatic rings. The van der Waals surface area contributed by atoms with Crippen LogP contribution in [-0.4, -0.2) is 16.2 Å². The summed E-state index contributed by atoms with van der Waals surface area (Å²) in [6, 6.07) is 25.4. The topological polar surface area (TPSA) is 29.9 Å². The van der Waals surface area contributed by atoms with Crippen LogP contribution in [0, 0.1) is 12.3 Å². The minimum atomic E-state index is 0.877. The van der Waals surface area contributed by atoms with Crippen molar-refractivity contribution in [2.45, 2.75) is 45.4 Å². The van der Waals surface area contributed by atoms with Crippen molar-refractivity contribution in [1.29, 1.82) is 0 Å². The third-order valence-electron chi connectivity index (χ3n) is 6.64. The molecule has 0 radical (unpaired) electrons. The first kappa shape index (κ1) is 22.0. The molecular formula is C31H31N3. The zero-order chi connectivity index (χ0) is 23.3. The Morgan fingerprint density at radius 2 is 1.38 bits per heavy atom. The van der Waals surface area contributed by atoms with Gasteiger partial charge in [0.15, 0.2) is 5.82 Å². The number of terminal acetylenes is 1. The van der Waals surface area contributed by atoms with E-state index in [-0.39, 0.29) is 0 Å². The second kappa shape index (κ2) is 10.0. The summed E-state index contributed by atoms with van der Waals surface area (Å²) < 4.78 is 2.21. The molecule has 3 heteroatoms. The molecule has 1 aromatic heterocycles. The number of imidazole rings is 1. The molecule has 0 aliphatic heterocycles. The molecule has 170 valence electrons. The van der Waals surface area contributed by atoms with Crippen LogP contribution in [0.4, 0.5) is 0 Å². The summed E-state index contributed by atoms with van der Waals surface area (Å²) in [5.41, 5.74) is 7.82. The molecule has 0 spiro atoms. The van der Waals surface area contributed by atoms with Gasteiger partial charge in [-0.05, 0) is 41.5 Å². The summed E-state index contributed by atoms with van der Waals surface area (Å²) in [5.74, 6) is 3.64. The first-order chi connectivity index (χ1) is 16.8. The molecule has 0 aliphatic carbocycles. The summed E-state index contributed by atoms with van der Waals surface area (Å²) in [7, 11) is 0. The molecule has 1 N–H and O–H groups in total. The molecule has 0 saturated carbocycles. The summed E-state index contributed by atoms with van der Waals surface area (Å²) >= 11 is 0. The monoisotopic (exact) mass is 445 g/mol. The molecule has 5 aromatic rings. The molecular weight excluding hydrogens is 414 g/mol. The lowest BCUT2D eigenvalue weighted by molar-refractivity contribution is 0.609. The van der Waals surface area contributed by atoms with E-state index >= 15 is 0 Å². The molecule has 4 aromatic carbocycles. The van der Waals surface area contributed by atoms with Gasteiger partial charge in [-0.3, -0.25) is 0 Å². The maximum atomic E-state index is 5.60. The molecule has 3 nitrogen and oxygen atoms in total. The van der Waals surface area contributed by atoms with Crippen LogP contribution in [-0.2, 0) is 0 Å². The molecule has 0 fully saturated rings. The number of hydrogen-bond acceptors (Lipinski definition) is 2. The lowest BCUT2D eigenvalue weighted by Crippen LogP contribution is -2.17. The predicted octanol–water partition coefficient (Wildman–Crippen LogP) is 7.90. The zero-order valence-corrected chi connectivity index (χ0v) is 19.8. The molecule has 0 amide bonds. The largest absolute Gasteiger partial charge is 0.324 e. The van der Waals surface area contributed by atoms with E-state index in [1.54, 1.807) is 0 Å². The Hall–Kier alpha value is -3.77. The third-order valence-corrected chi connectivity index (χ3v) is 6.64. The molecule has 0 saturated heterocycles. The Morgan fingerprint density at radius 1 is 0.765 bits per heavy atom. The number of rotatable bonds is 9. The van der Waals surface area contributed by atoms with Gasteiger partial charge in [0.05, 0.1) is 11.0 Å². The van der Waals surface area contributed by atoms with E-state index in [2.05, 4.69) is 83.6 Å². The SMILES string of the molecule is C#Cc1ccc(-c2nc3c4ccccc4c4ccccc4c3n2NCCCCCCCC)cc1. The van der Waals surface area contributed by atoms with E-state index < -0.39 is 0 Å². The van der Waals surface area contributed by atoms with Gasteiger partial charge in [-0.15, -0.1) is 6.42 Å². The Morgan fingerprint density at radius 3 is 2.09 bits per heavy atom. The lowest BCUT2D eigenvalue weighted by atomic mass is 10.00. The van der Waals surface area contributed by atoms with Crippen molar-refractivity contribution >= 4 is 32.6 Å². The van der Waals surface area contributed by atoms with Gasteiger partial charge >= 0.3 is 0 Å². The number of nitrogens with zero attached hydrogens (tertiary/aromatic N) is 2. The van der Waals surface area contributed by atoms with Gasteiger partial charge in [0.25, 0.3) is 0 Å². The summed E-state index contributed by atoms with van der Waals surface area (Å²) in [5, 5.41) is 4.88. The lowest BCUT2D eigenvalue weighted by Gasteiger charge is -2.14. The van der Waals surface area contributed by atoms with Crippen molar-refractivity contribution in [2.75, 3.05) is 12.0 Å². The second-order valence-corrected chi connectivity index (χ2v) is 8.96. The number of nitrogens with one attached hydrogen (secondary N) is 1. The molecule has 0 bridgehead atoms. The fourth-order valence-electron chi connectivity index (χ4n) is 4.86. The highest BCUT2D eigenvalue weighted by molar-refractivity contribution is 6.23. The van der Waals surface area contributed by atoms with Gasteiger partial charge in [-0.1, -0.05) is 93.5 Å². The van der Waals surface area contributed by atoms with Gasteiger partial charge in [0.2, 0.25) is 0 Å². The standard InChI is InChI=1S/C31H31N3/c1-3-5-6-7-8-13-22-32-34-30-28-17-12-10-15-26(28)25-14-9-11-16-27(25)29(30)33-31(34)24-20-18-23(4-2)19-21-24/h2,9-12,14-21,32H,3,5-8,13,22H2,1H3. The maximum Gasteiger partial charge on any atom is 0.159 e. The molecule has 5 rings (SSSR count). The van der Waals surface area contributed by atoms with Gasteiger partial charge in [-0.25, -0.2) is 9.66 Å². The zero-order valence-electron chi connectivity index (χ0n) is 19.8. The highest BCUT2D eigenvalue weighted by atomic mass is 15.4. The molecule has 1 heterocycles. The minimum Gasteiger partial charge on any atom is -0.324 e. The summed E-state index contributed by atoms with van der Waals surface area (Å²) in [6.07, 6.45) is 13.2. The van der Waals surface area contributed by atoms with Crippen LogP contribution in [0.1, 0.15) is 51.0 Å². The first-order valence-corrected chi connectivity index (χ1v) is 12.4. The van der Waals surface area contributed by atoms with Crippen molar-refractivity contribution in [2.24, 2.45) is 0 Å². The summed E-state index contributed by atoms with van der Waals surface area (Å²) in [6.45, 7) is 3.17. The Balaban J connectivity index is 1.64. The van der Waals surface area contributed by atoms with Crippen LogP contribution in [0.15, 0.2) is 72.8 Å². The van der Waals surface area contributed by atoms with Gasteiger partial charge < -0.3 is 5.43 Å². The van der Waals surface area contributed by atoms with E-state index in [9.17, 15) is 0 Å². The quantitative estimate of drug-likeness (QED) is 0.142. The highest BCUT2D eigenvalue weighted by Gasteiger charge is 2.18.